The Hall–Kier alpha value is -2.08. The first-order valence-corrected chi connectivity index (χ1v) is 6.34. The molecule has 3 nitrogen and oxygen atoms in total. The van der Waals surface area contributed by atoms with Crippen molar-refractivity contribution in [1.29, 1.82) is 0 Å². The van der Waals surface area contributed by atoms with Crippen LogP contribution in [-0.2, 0) is 12.7 Å². The zero-order chi connectivity index (χ0) is 15.6. The number of pyridine rings is 1. The van der Waals surface area contributed by atoms with Gasteiger partial charge in [-0.2, -0.15) is 13.2 Å². The third-order valence-corrected chi connectivity index (χ3v) is 3.03. The summed E-state index contributed by atoms with van der Waals surface area (Å²) in [5.74, 6) is 0.0592. The zero-order valence-electron chi connectivity index (χ0n) is 11.7. The monoisotopic (exact) mass is 296 g/mol. The number of hydrogen-bond donors (Lipinski definition) is 1. The Kier molecular flexibility index (Phi) is 4.18. The lowest BCUT2D eigenvalue weighted by atomic mass is 10.1. The summed E-state index contributed by atoms with van der Waals surface area (Å²) in [5, 5.41) is 0. The predicted octanol–water partition coefficient (Wildman–Crippen LogP) is 3.97. The summed E-state index contributed by atoms with van der Waals surface area (Å²) >= 11 is 0. The van der Waals surface area contributed by atoms with Crippen LogP contribution in [0.5, 0.6) is 11.5 Å². The van der Waals surface area contributed by atoms with E-state index in [0.29, 0.717) is 22.7 Å². The molecule has 21 heavy (non-hydrogen) atoms. The summed E-state index contributed by atoms with van der Waals surface area (Å²) in [5.41, 5.74) is 6.72. The Morgan fingerprint density at radius 3 is 2.43 bits per heavy atom. The van der Waals surface area contributed by atoms with Crippen molar-refractivity contribution in [3.63, 3.8) is 0 Å². The second-order valence-corrected chi connectivity index (χ2v) is 4.63. The Morgan fingerprint density at radius 1 is 1.14 bits per heavy atom. The van der Waals surface area contributed by atoms with Gasteiger partial charge in [0, 0.05) is 29.6 Å². The molecule has 0 unspecified atom stereocenters. The summed E-state index contributed by atoms with van der Waals surface area (Å²) in [6.45, 7) is 3.64. The fraction of sp³-hybridized carbons (Fsp3) is 0.267. The highest BCUT2D eigenvalue weighted by Crippen LogP contribution is 2.38. The molecule has 0 atom stereocenters. The highest BCUT2D eigenvalue weighted by Gasteiger charge is 2.34. The number of ether oxygens (including phenoxy) is 1. The van der Waals surface area contributed by atoms with Crippen LogP contribution in [0, 0.1) is 13.8 Å². The van der Waals surface area contributed by atoms with Gasteiger partial charge in [-0.1, -0.05) is 12.1 Å². The molecule has 112 valence electrons. The molecular weight excluding hydrogens is 281 g/mol. The molecule has 0 aliphatic carbocycles. The lowest BCUT2D eigenvalue weighted by Crippen LogP contribution is -2.09. The number of alkyl halides is 3. The fourth-order valence-corrected chi connectivity index (χ4v) is 2.07. The van der Waals surface area contributed by atoms with Crippen LogP contribution in [0.3, 0.4) is 0 Å². The van der Waals surface area contributed by atoms with Crippen LogP contribution in [0.15, 0.2) is 30.3 Å². The molecule has 0 radical (unpaired) electrons. The maximum absolute atomic E-state index is 13.0. The third kappa shape index (κ3) is 3.33. The molecule has 0 saturated heterocycles. The molecule has 2 rings (SSSR count). The first-order chi connectivity index (χ1) is 9.82. The predicted molar refractivity (Wildman–Crippen MR) is 73.1 cm³/mol. The summed E-state index contributed by atoms with van der Waals surface area (Å²) < 4.78 is 44.4. The third-order valence-electron chi connectivity index (χ3n) is 3.03. The van der Waals surface area contributed by atoms with E-state index < -0.39 is 11.7 Å². The highest BCUT2D eigenvalue weighted by atomic mass is 19.4. The number of halogens is 3. The van der Waals surface area contributed by atoms with Crippen LogP contribution >= 0.6 is 0 Å². The van der Waals surface area contributed by atoms with Crippen molar-refractivity contribution in [3.8, 4) is 11.5 Å². The summed E-state index contributed by atoms with van der Waals surface area (Å²) in [7, 11) is 0. The van der Waals surface area contributed by atoms with Crippen molar-refractivity contribution in [1.82, 2.24) is 4.98 Å². The Bertz CT molecular complexity index is 654. The van der Waals surface area contributed by atoms with Crippen LogP contribution in [-0.4, -0.2) is 4.98 Å². The van der Waals surface area contributed by atoms with Gasteiger partial charge >= 0.3 is 6.18 Å². The number of nitrogens with two attached hydrogens (primary N) is 1. The second kappa shape index (κ2) is 5.73. The summed E-state index contributed by atoms with van der Waals surface area (Å²) in [4.78, 5) is 4.24. The van der Waals surface area contributed by atoms with E-state index in [4.69, 9.17) is 10.5 Å². The van der Waals surface area contributed by atoms with Crippen LogP contribution in [0.4, 0.5) is 13.2 Å². The first-order valence-electron chi connectivity index (χ1n) is 6.34. The minimum absolute atomic E-state index is 0.141. The molecule has 0 saturated carbocycles. The number of aromatic nitrogens is 1. The number of para-hydroxylation sites is 1. The molecule has 0 amide bonds. The van der Waals surface area contributed by atoms with E-state index in [1.54, 1.807) is 19.9 Å². The number of benzene rings is 1. The molecule has 0 fully saturated rings. The van der Waals surface area contributed by atoms with E-state index in [0.717, 1.165) is 6.07 Å². The van der Waals surface area contributed by atoms with E-state index in [1.165, 1.54) is 18.2 Å². The minimum atomic E-state index is -4.48. The average Bonchev–Trinajstić information content (AvgIpc) is 2.37. The molecule has 0 bridgehead atoms. The van der Waals surface area contributed by atoms with Gasteiger partial charge in [0.1, 0.15) is 11.5 Å². The molecule has 1 heterocycles. The van der Waals surface area contributed by atoms with E-state index in [-0.39, 0.29) is 12.3 Å². The minimum Gasteiger partial charge on any atom is -0.456 e. The van der Waals surface area contributed by atoms with Crippen LogP contribution in [0.25, 0.3) is 0 Å². The zero-order valence-corrected chi connectivity index (χ0v) is 11.7. The molecule has 0 aliphatic heterocycles. The first kappa shape index (κ1) is 15.3. The fourth-order valence-electron chi connectivity index (χ4n) is 2.07. The largest absolute Gasteiger partial charge is 0.456 e. The van der Waals surface area contributed by atoms with Crippen molar-refractivity contribution in [3.05, 3.63) is 52.8 Å². The Morgan fingerprint density at radius 2 is 1.81 bits per heavy atom. The maximum atomic E-state index is 13.0. The van der Waals surface area contributed by atoms with Crippen LogP contribution < -0.4 is 10.5 Å². The normalized spacial score (nSPS) is 11.5. The van der Waals surface area contributed by atoms with E-state index in [1.807, 2.05) is 0 Å². The number of nitrogens with zero attached hydrogens (tertiary/aromatic N) is 1. The van der Waals surface area contributed by atoms with Gasteiger partial charge in [-0.3, -0.25) is 4.98 Å². The van der Waals surface area contributed by atoms with Crippen molar-refractivity contribution < 1.29 is 17.9 Å². The molecule has 2 N–H and O–H groups in total. The Labute approximate surface area is 120 Å². The lowest BCUT2D eigenvalue weighted by Gasteiger charge is -2.16. The number of aryl methyl sites for hydroxylation is 2. The van der Waals surface area contributed by atoms with E-state index >= 15 is 0 Å². The van der Waals surface area contributed by atoms with Gasteiger partial charge in [0.15, 0.2) is 0 Å². The van der Waals surface area contributed by atoms with E-state index in [9.17, 15) is 13.2 Å². The highest BCUT2D eigenvalue weighted by molar-refractivity contribution is 5.44. The van der Waals surface area contributed by atoms with Gasteiger partial charge in [0.25, 0.3) is 0 Å². The van der Waals surface area contributed by atoms with Gasteiger partial charge in [-0.25, -0.2) is 0 Å². The van der Waals surface area contributed by atoms with Gasteiger partial charge in [-0.05, 0) is 26.0 Å². The second-order valence-electron chi connectivity index (χ2n) is 4.63. The topological polar surface area (TPSA) is 48.1 Å². The van der Waals surface area contributed by atoms with Crippen LogP contribution in [0.2, 0.25) is 0 Å². The van der Waals surface area contributed by atoms with Gasteiger partial charge < -0.3 is 10.5 Å². The molecule has 1 aromatic carbocycles. The molecule has 1 aromatic heterocycles. The summed E-state index contributed by atoms with van der Waals surface area (Å²) in [6, 6.07) is 6.67. The smallest absolute Gasteiger partial charge is 0.419 e. The van der Waals surface area contributed by atoms with Gasteiger partial charge in [0.2, 0.25) is 0 Å². The SMILES string of the molecule is Cc1cc(Oc2ccccc2C(F)(F)F)c(CN)c(C)n1. The molecule has 0 spiro atoms. The maximum Gasteiger partial charge on any atom is 0.419 e. The standard InChI is InChI=1S/C15H15F3N2O/c1-9-7-14(11(8-19)10(2)20-9)21-13-6-4-3-5-12(13)15(16,17)18/h3-7H,8,19H2,1-2H3. The average molecular weight is 296 g/mol. The van der Waals surface area contributed by atoms with Crippen molar-refractivity contribution in [2.45, 2.75) is 26.6 Å². The van der Waals surface area contributed by atoms with Crippen molar-refractivity contribution in [2.24, 2.45) is 5.73 Å². The molecular formula is C15H15F3N2O. The van der Waals surface area contributed by atoms with Crippen molar-refractivity contribution in [2.75, 3.05) is 0 Å². The summed E-state index contributed by atoms with van der Waals surface area (Å²) in [6.07, 6.45) is -4.48. The van der Waals surface area contributed by atoms with E-state index in [2.05, 4.69) is 4.98 Å². The number of rotatable bonds is 3. The Balaban J connectivity index is 2.49. The van der Waals surface area contributed by atoms with Crippen LogP contribution in [0.1, 0.15) is 22.5 Å². The van der Waals surface area contributed by atoms with Crippen molar-refractivity contribution >= 4 is 0 Å². The number of hydrogen-bond acceptors (Lipinski definition) is 3. The quantitative estimate of drug-likeness (QED) is 0.932. The molecule has 0 aliphatic rings. The van der Waals surface area contributed by atoms with Gasteiger partial charge in [0.05, 0.1) is 5.56 Å². The van der Waals surface area contributed by atoms with Gasteiger partial charge in [-0.15, -0.1) is 0 Å². The molecule has 2 aromatic rings. The molecule has 6 heteroatoms. The lowest BCUT2D eigenvalue weighted by molar-refractivity contribution is -0.138.